The van der Waals surface area contributed by atoms with Gasteiger partial charge in [-0.2, -0.15) is 0 Å². The van der Waals surface area contributed by atoms with Crippen molar-refractivity contribution in [1.82, 2.24) is 15.1 Å². The monoisotopic (exact) mass is 241 g/mol. The Morgan fingerprint density at radius 3 is 2.41 bits per heavy atom. The quantitative estimate of drug-likeness (QED) is 0.784. The summed E-state index contributed by atoms with van der Waals surface area (Å²) in [5.74, 6) is 0.695. The van der Waals surface area contributed by atoms with Gasteiger partial charge in [0.25, 0.3) is 0 Å². The molecule has 0 radical (unpaired) electrons. The van der Waals surface area contributed by atoms with Crippen molar-refractivity contribution in [3.8, 4) is 0 Å². The molecule has 1 rings (SSSR count). The molecule has 0 aromatic rings. The van der Waals surface area contributed by atoms with Crippen LogP contribution in [0.2, 0.25) is 0 Å². The van der Waals surface area contributed by atoms with Gasteiger partial charge < -0.3 is 9.80 Å². The maximum atomic E-state index is 12.2. The fraction of sp³-hybridized carbons (Fsp3) is 0.923. The molecule has 0 saturated carbocycles. The van der Waals surface area contributed by atoms with Crippen LogP contribution in [-0.2, 0) is 4.79 Å². The van der Waals surface area contributed by atoms with Gasteiger partial charge in [-0.05, 0) is 46.8 Å². The van der Waals surface area contributed by atoms with E-state index in [0.29, 0.717) is 12.0 Å². The summed E-state index contributed by atoms with van der Waals surface area (Å²) in [6, 6.07) is 0.263. The molecular weight excluding hydrogens is 214 g/mol. The molecule has 1 amide bonds. The first-order chi connectivity index (χ1) is 7.84. The van der Waals surface area contributed by atoms with Crippen LogP contribution in [-0.4, -0.2) is 54.6 Å². The number of hydrogen-bond acceptors (Lipinski definition) is 3. The van der Waals surface area contributed by atoms with Gasteiger partial charge in [0.15, 0.2) is 0 Å². The molecule has 1 aliphatic heterocycles. The molecule has 1 heterocycles. The smallest absolute Gasteiger partial charge is 0.240 e. The summed E-state index contributed by atoms with van der Waals surface area (Å²) in [7, 11) is 4.14. The second kappa shape index (κ2) is 5.83. The van der Waals surface area contributed by atoms with Gasteiger partial charge in [-0.15, -0.1) is 0 Å². The van der Waals surface area contributed by atoms with Crippen molar-refractivity contribution < 1.29 is 4.79 Å². The van der Waals surface area contributed by atoms with Crippen LogP contribution in [0.15, 0.2) is 0 Å². The van der Waals surface area contributed by atoms with Crippen LogP contribution >= 0.6 is 0 Å². The molecular formula is C13H27N3O. The van der Waals surface area contributed by atoms with E-state index in [1.54, 1.807) is 0 Å². The van der Waals surface area contributed by atoms with Crippen molar-refractivity contribution in [2.45, 2.75) is 52.4 Å². The average Bonchev–Trinajstić information content (AvgIpc) is 2.52. The Bertz CT molecular complexity index is 265. The van der Waals surface area contributed by atoms with Gasteiger partial charge in [0.05, 0.1) is 12.2 Å². The van der Waals surface area contributed by atoms with Crippen LogP contribution in [0.3, 0.4) is 0 Å². The minimum absolute atomic E-state index is 0.0378. The van der Waals surface area contributed by atoms with E-state index in [1.807, 2.05) is 11.8 Å². The summed E-state index contributed by atoms with van der Waals surface area (Å²) in [6.07, 6.45) is 1.21. The highest BCUT2D eigenvalue weighted by Crippen LogP contribution is 2.21. The van der Waals surface area contributed by atoms with Crippen molar-refractivity contribution in [2.24, 2.45) is 5.92 Å². The number of amides is 1. The minimum atomic E-state index is -0.0378. The zero-order valence-corrected chi connectivity index (χ0v) is 12.0. The highest BCUT2D eigenvalue weighted by Gasteiger charge is 2.39. The third-order valence-electron chi connectivity index (χ3n) is 3.45. The van der Waals surface area contributed by atoms with Gasteiger partial charge in [0.2, 0.25) is 5.91 Å². The maximum absolute atomic E-state index is 12.2. The van der Waals surface area contributed by atoms with E-state index in [-0.39, 0.29) is 18.1 Å². The van der Waals surface area contributed by atoms with Crippen molar-refractivity contribution in [3.05, 3.63) is 0 Å². The van der Waals surface area contributed by atoms with Crippen LogP contribution in [0.5, 0.6) is 0 Å². The van der Waals surface area contributed by atoms with E-state index < -0.39 is 0 Å². The van der Waals surface area contributed by atoms with Gasteiger partial charge in [0, 0.05) is 6.04 Å². The van der Waals surface area contributed by atoms with E-state index in [9.17, 15) is 4.79 Å². The maximum Gasteiger partial charge on any atom is 0.240 e. The number of nitrogens with zero attached hydrogens (tertiary/aromatic N) is 2. The van der Waals surface area contributed by atoms with Gasteiger partial charge in [-0.3, -0.25) is 10.1 Å². The molecule has 3 atom stereocenters. The van der Waals surface area contributed by atoms with E-state index in [2.05, 4.69) is 45.1 Å². The Morgan fingerprint density at radius 2 is 1.94 bits per heavy atom. The zero-order valence-electron chi connectivity index (χ0n) is 12.0. The molecule has 4 heteroatoms. The van der Waals surface area contributed by atoms with E-state index >= 15 is 0 Å². The highest BCUT2D eigenvalue weighted by molar-refractivity contribution is 5.84. The lowest BCUT2D eigenvalue weighted by atomic mass is 10.1. The topological polar surface area (TPSA) is 35.6 Å². The predicted molar refractivity (Wildman–Crippen MR) is 70.7 cm³/mol. The Morgan fingerprint density at radius 1 is 1.35 bits per heavy atom. The molecule has 100 valence electrons. The van der Waals surface area contributed by atoms with Crippen LogP contribution in [0.1, 0.15) is 34.1 Å². The normalized spacial score (nSPS) is 27.3. The highest BCUT2D eigenvalue weighted by atomic mass is 16.2. The molecule has 4 nitrogen and oxygen atoms in total. The molecule has 17 heavy (non-hydrogen) atoms. The largest absolute Gasteiger partial charge is 0.323 e. The predicted octanol–water partition coefficient (Wildman–Crippen LogP) is 1.13. The van der Waals surface area contributed by atoms with Gasteiger partial charge in [-0.25, -0.2) is 0 Å². The summed E-state index contributed by atoms with van der Waals surface area (Å²) < 4.78 is 0. The molecule has 0 bridgehead atoms. The molecule has 0 spiro atoms. The fourth-order valence-corrected chi connectivity index (χ4v) is 2.36. The Balaban J connectivity index is 2.67. The molecule has 1 aliphatic rings. The summed E-state index contributed by atoms with van der Waals surface area (Å²) in [4.78, 5) is 16.4. The van der Waals surface area contributed by atoms with Crippen LogP contribution in [0, 0.1) is 5.92 Å². The summed E-state index contributed by atoms with van der Waals surface area (Å²) >= 11 is 0. The van der Waals surface area contributed by atoms with Crippen LogP contribution < -0.4 is 5.32 Å². The van der Waals surface area contributed by atoms with Crippen molar-refractivity contribution >= 4 is 5.91 Å². The first-order valence-corrected chi connectivity index (χ1v) is 6.57. The molecule has 1 N–H and O–H groups in total. The average molecular weight is 241 g/mol. The second-order valence-electron chi connectivity index (χ2n) is 5.76. The van der Waals surface area contributed by atoms with Crippen LogP contribution in [0.4, 0.5) is 0 Å². The van der Waals surface area contributed by atoms with Crippen molar-refractivity contribution in [1.29, 1.82) is 0 Å². The van der Waals surface area contributed by atoms with Gasteiger partial charge >= 0.3 is 0 Å². The third kappa shape index (κ3) is 3.42. The Kier molecular flexibility index (Phi) is 4.95. The standard InChI is InChI=1S/C13H27N3O/c1-9(2)12-14-11(4)13(17)16(12)10(3)7-8-15(5)6/h9-12,14H,7-8H2,1-6H3. The first-order valence-electron chi connectivity index (χ1n) is 6.57. The molecule has 1 fully saturated rings. The fourth-order valence-electron chi connectivity index (χ4n) is 2.36. The van der Waals surface area contributed by atoms with Gasteiger partial charge in [0.1, 0.15) is 0 Å². The Hall–Kier alpha value is -0.610. The summed E-state index contributed by atoms with van der Waals surface area (Å²) in [5.41, 5.74) is 0. The van der Waals surface area contributed by atoms with Crippen molar-refractivity contribution in [2.75, 3.05) is 20.6 Å². The lowest BCUT2D eigenvalue weighted by Crippen LogP contribution is -2.47. The molecule has 0 aliphatic carbocycles. The van der Waals surface area contributed by atoms with Crippen LogP contribution in [0.25, 0.3) is 0 Å². The van der Waals surface area contributed by atoms with Crippen molar-refractivity contribution in [3.63, 3.8) is 0 Å². The van der Waals surface area contributed by atoms with Gasteiger partial charge in [-0.1, -0.05) is 13.8 Å². The minimum Gasteiger partial charge on any atom is -0.323 e. The SMILES string of the molecule is CC1NC(C(C)C)N(C(C)CCN(C)C)C1=O. The number of nitrogens with one attached hydrogen (secondary N) is 1. The van der Waals surface area contributed by atoms with E-state index in [1.165, 1.54) is 0 Å². The summed E-state index contributed by atoms with van der Waals surface area (Å²) in [6.45, 7) is 9.44. The molecule has 0 aromatic carbocycles. The lowest BCUT2D eigenvalue weighted by Gasteiger charge is -2.33. The number of carbonyl (C=O) groups excluding carboxylic acids is 1. The summed E-state index contributed by atoms with van der Waals surface area (Å²) in [5, 5.41) is 3.38. The molecule has 1 saturated heterocycles. The number of rotatable bonds is 5. The number of carbonyl (C=O) groups is 1. The second-order valence-corrected chi connectivity index (χ2v) is 5.76. The van der Waals surface area contributed by atoms with E-state index in [0.717, 1.165) is 13.0 Å². The first kappa shape index (κ1) is 14.5. The Labute approximate surface area is 105 Å². The van der Waals surface area contributed by atoms with E-state index in [4.69, 9.17) is 0 Å². The zero-order chi connectivity index (χ0) is 13.2. The lowest BCUT2D eigenvalue weighted by molar-refractivity contribution is -0.132. The molecule has 0 aromatic heterocycles. The number of hydrogen-bond donors (Lipinski definition) is 1. The molecule has 3 unspecified atom stereocenters. The third-order valence-corrected chi connectivity index (χ3v) is 3.45.